The zero-order valence-corrected chi connectivity index (χ0v) is 13.3. The summed E-state index contributed by atoms with van der Waals surface area (Å²) in [5.41, 5.74) is 3.42. The minimum absolute atomic E-state index is 0.0634. The molecule has 0 bridgehead atoms. The first-order chi connectivity index (χ1) is 10.4. The van der Waals surface area contributed by atoms with E-state index in [2.05, 4.69) is 29.0 Å². The van der Waals surface area contributed by atoms with Gasteiger partial charge in [0.1, 0.15) is 0 Å². The Hall–Kier alpha value is -2.48. The van der Waals surface area contributed by atoms with Gasteiger partial charge in [0.05, 0.1) is 18.0 Å². The van der Waals surface area contributed by atoms with E-state index in [-0.39, 0.29) is 18.0 Å². The number of hydrogen-bond acceptors (Lipinski definition) is 4. The Balaban J connectivity index is 3.17. The van der Waals surface area contributed by atoms with E-state index in [0.29, 0.717) is 0 Å². The predicted molar refractivity (Wildman–Crippen MR) is 83.2 cm³/mol. The molecule has 0 heterocycles. The Morgan fingerprint density at radius 1 is 1.36 bits per heavy atom. The summed E-state index contributed by atoms with van der Waals surface area (Å²) in [6, 6.07) is 8.66. The van der Waals surface area contributed by atoms with Gasteiger partial charge in [-0.3, -0.25) is 0 Å². The molecule has 0 aliphatic heterocycles. The van der Waals surface area contributed by atoms with Crippen LogP contribution in [0.3, 0.4) is 0 Å². The minimum Gasteiger partial charge on any atom is -0.456 e. The van der Waals surface area contributed by atoms with Gasteiger partial charge in [-0.25, -0.2) is 17.5 Å². The Morgan fingerprint density at radius 3 is 2.55 bits per heavy atom. The Kier molecular flexibility index (Phi) is 6.46. The average Bonchev–Trinajstić information content (AvgIpc) is 2.47. The second kappa shape index (κ2) is 8.08. The van der Waals surface area contributed by atoms with Crippen molar-refractivity contribution in [3.05, 3.63) is 48.2 Å². The molecule has 0 fully saturated rings. The van der Waals surface area contributed by atoms with Crippen molar-refractivity contribution in [3.63, 3.8) is 0 Å². The highest BCUT2D eigenvalue weighted by Gasteiger charge is 2.21. The SMILES string of the molecule is C=C=CCN(C#CC(=O)OCC)S(=O)(=O)c1ccc(C)cc1. The molecule has 6 heteroatoms. The third kappa shape index (κ3) is 4.81. The molecule has 0 saturated heterocycles. The largest absolute Gasteiger partial charge is 0.456 e. The Labute approximate surface area is 130 Å². The summed E-state index contributed by atoms with van der Waals surface area (Å²) in [7, 11) is -3.85. The molecule has 0 unspecified atom stereocenters. The smallest absolute Gasteiger partial charge is 0.386 e. The monoisotopic (exact) mass is 319 g/mol. The molecule has 0 aliphatic rings. The number of aryl methyl sites for hydroxylation is 1. The van der Waals surface area contributed by atoms with E-state index in [9.17, 15) is 13.2 Å². The number of ether oxygens (including phenoxy) is 1. The van der Waals surface area contributed by atoms with Crippen LogP contribution in [0.1, 0.15) is 12.5 Å². The van der Waals surface area contributed by atoms with Crippen molar-refractivity contribution in [2.24, 2.45) is 0 Å². The lowest BCUT2D eigenvalue weighted by molar-refractivity contribution is -0.136. The van der Waals surface area contributed by atoms with E-state index < -0.39 is 16.0 Å². The highest BCUT2D eigenvalue weighted by atomic mass is 32.2. The molecule has 0 atom stereocenters. The summed E-state index contributed by atoms with van der Waals surface area (Å²) in [5.74, 6) is 1.36. The van der Waals surface area contributed by atoms with Crippen LogP contribution in [0.15, 0.2) is 47.5 Å². The topological polar surface area (TPSA) is 63.7 Å². The number of carbonyl (C=O) groups is 1. The van der Waals surface area contributed by atoms with Crippen molar-refractivity contribution in [3.8, 4) is 12.0 Å². The van der Waals surface area contributed by atoms with Gasteiger partial charge in [-0.15, -0.1) is 5.73 Å². The van der Waals surface area contributed by atoms with Crippen LogP contribution in [0, 0.1) is 18.9 Å². The van der Waals surface area contributed by atoms with E-state index >= 15 is 0 Å². The van der Waals surface area contributed by atoms with Gasteiger partial charge in [-0.2, -0.15) is 0 Å². The maximum absolute atomic E-state index is 12.5. The van der Waals surface area contributed by atoms with E-state index in [0.717, 1.165) is 9.87 Å². The second-order valence-electron chi connectivity index (χ2n) is 4.21. The van der Waals surface area contributed by atoms with Gasteiger partial charge in [0.15, 0.2) is 0 Å². The van der Waals surface area contributed by atoms with E-state index in [1.807, 2.05) is 6.92 Å². The quantitative estimate of drug-likeness (QED) is 0.360. The highest BCUT2D eigenvalue weighted by molar-refractivity contribution is 7.89. The van der Waals surface area contributed by atoms with Crippen LogP contribution < -0.4 is 0 Å². The standard InChI is InChI=1S/C16H17NO4S/c1-4-6-12-17(13-11-16(18)21-5-2)22(19,20)15-9-7-14(3)8-10-15/h6-10H,1,5,12H2,2-3H3. The van der Waals surface area contributed by atoms with Crippen LogP contribution in [0.25, 0.3) is 0 Å². The number of hydrogen-bond donors (Lipinski definition) is 0. The van der Waals surface area contributed by atoms with E-state index in [1.165, 1.54) is 18.2 Å². The first-order valence-corrected chi connectivity index (χ1v) is 7.98. The summed E-state index contributed by atoms with van der Waals surface area (Å²) in [6.07, 6.45) is 1.41. The van der Waals surface area contributed by atoms with Gasteiger partial charge in [0.2, 0.25) is 0 Å². The van der Waals surface area contributed by atoms with Crippen molar-refractivity contribution >= 4 is 16.0 Å². The molecular formula is C16H17NO4S. The molecule has 0 amide bonds. The molecule has 5 nitrogen and oxygen atoms in total. The normalized spacial score (nSPS) is 9.91. The lowest BCUT2D eigenvalue weighted by Gasteiger charge is -2.15. The van der Waals surface area contributed by atoms with Crippen LogP contribution in [0.4, 0.5) is 0 Å². The van der Waals surface area contributed by atoms with Gasteiger partial charge in [0, 0.05) is 12.0 Å². The number of esters is 1. The maximum atomic E-state index is 12.5. The Bertz CT molecular complexity index is 733. The first-order valence-electron chi connectivity index (χ1n) is 6.54. The van der Waals surface area contributed by atoms with Gasteiger partial charge >= 0.3 is 5.97 Å². The molecule has 116 valence electrons. The predicted octanol–water partition coefficient (Wildman–Crippen LogP) is 1.85. The third-order valence-electron chi connectivity index (χ3n) is 2.57. The van der Waals surface area contributed by atoms with Gasteiger partial charge in [0.25, 0.3) is 10.0 Å². The highest BCUT2D eigenvalue weighted by Crippen LogP contribution is 2.15. The lowest BCUT2D eigenvalue weighted by Crippen LogP contribution is -2.27. The number of rotatable bonds is 5. The van der Waals surface area contributed by atoms with Gasteiger partial charge in [-0.05, 0) is 32.1 Å². The van der Waals surface area contributed by atoms with Crippen LogP contribution >= 0.6 is 0 Å². The van der Waals surface area contributed by atoms with Gasteiger partial charge in [-0.1, -0.05) is 24.3 Å². The molecule has 0 radical (unpaired) electrons. The number of carbonyl (C=O) groups excluding carboxylic acids is 1. The van der Waals surface area contributed by atoms with Crippen molar-refractivity contribution in [1.82, 2.24) is 4.31 Å². The second-order valence-corrected chi connectivity index (χ2v) is 6.08. The lowest BCUT2D eigenvalue weighted by atomic mass is 10.2. The zero-order valence-electron chi connectivity index (χ0n) is 12.5. The van der Waals surface area contributed by atoms with Crippen molar-refractivity contribution in [2.75, 3.05) is 13.2 Å². The molecular weight excluding hydrogens is 302 g/mol. The first kappa shape index (κ1) is 17.6. The van der Waals surface area contributed by atoms with Crippen LogP contribution in [0.2, 0.25) is 0 Å². The molecule has 0 spiro atoms. The fourth-order valence-corrected chi connectivity index (χ4v) is 2.64. The van der Waals surface area contributed by atoms with E-state index in [4.69, 9.17) is 0 Å². The summed E-state index contributed by atoms with van der Waals surface area (Å²) >= 11 is 0. The van der Waals surface area contributed by atoms with Crippen LogP contribution in [-0.2, 0) is 19.6 Å². The average molecular weight is 319 g/mol. The van der Waals surface area contributed by atoms with Crippen molar-refractivity contribution in [2.45, 2.75) is 18.7 Å². The summed E-state index contributed by atoms with van der Waals surface area (Å²) in [6.45, 7) is 6.99. The zero-order chi connectivity index (χ0) is 16.6. The van der Waals surface area contributed by atoms with Crippen LogP contribution in [0.5, 0.6) is 0 Å². The fourth-order valence-electron chi connectivity index (χ4n) is 1.46. The molecule has 0 saturated carbocycles. The van der Waals surface area contributed by atoms with E-state index in [1.54, 1.807) is 19.1 Å². The summed E-state index contributed by atoms with van der Waals surface area (Å²) in [5, 5.41) is 0. The van der Waals surface area contributed by atoms with Crippen molar-refractivity contribution < 1.29 is 17.9 Å². The fraction of sp³-hybridized carbons (Fsp3) is 0.250. The Morgan fingerprint density at radius 2 is 2.00 bits per heavy atom. The summed E-state index contributed by atoms with van der Waals surface area (Å²) in [4.78, 5) is 11.4. The van der Waals surface area contributed by atoms with Gasteiger partial charge < -0.3 is 4.74 Å². The maximum Gasteiger partial charge on any atom is 0.386 e. The molecule has 1 rings (SSSR count). The molecule has 22 heavy (non-hydrogen) atoms. The van der Waals surface area contributed by atoms with Crippen LogP contribution in [-0.4, -0.2) is 31.8 Å². The number of benzene rings is 1. The molecule has 1 aromatic rings. The molecule has 0 aliphatic carbocycles. The molecule has 0 N–H and O–H groups in total. The molecule has 1 aromatic carbocycles. The third-order valence-corrected chi connectivity index (χ3v) is 4.26. The minimum atomic E-state index is -3.85. The number of sulfonamides is 1. The molecule has 0 aromatic heterocycles. The van der Waals surface area contributed by atoms with Crippen molar-refractivity contribution in [1.29, 1.82) is 0 Å². The summed E-state index contributed by atoms with van der Waals surface area (Å²) < 4.78 is 30.6. The number of nitrogens with zero attached hydrogens (tertiary/aromatic N) is 1.